The number of rotatable bonds is 6. The molecule has 0 aromatic carbocycles. The van der Waals surface area contributed by atoms with Gasteiger partial charge < -0.3 is 10.1 Å². The van der Waals surface area contributed by atoms with Crippen LogP contribution in [0.15, 0.2) is 18.3 Å². The van der Waals surface area contributed by atoms with E-state index in [1.54, 1.807) is 12.3 Å². The Kier molecular flexibility index (Phi) is 5.46. The summed E-state index contributed by atoms with van der Waals surface area (Å²) in [5.74, 6) is 0.778. The minimum atomic E-state index is -0.408. The number of nitro groups is 1. The van der Waals surface area contributed by atoms with Crippen molar-refractivity contribution in [2.75, 3.05) is 38.2 Å². The van der Waals surface area contributed by atoms with Crippen molar-refractivity contribution in [1.29, 1.82) is 0 Å². The van der Waals surface area contributed by atoms with Crippen molar-refractivity contribution in [2.45, 2.75) is 19.9 Å². The first-order valence-electron chi connectivity index (χ1n) is 7.24. The molecule has 1 N–H and O–H groups in total. The highest BCUT2D eigenvalue weighted by molar-refractivity contribution is 5.55. The monoisotopic (exact) mass is 294 g/mol. The molecule has 116 valence electrons. The Labute approximate surface area is 124 Å². The highest BCUT2D eigenvalue weighted by Crippen LogP contribution is 2.21. The second kappa shape index (κ2) is 7.33. The van der Waals surface area contributed by atoms with Crippen molar-refractivity contribution in [3.8, 4) is 0 Å². The Morgan fingerprint density at radius 3 is 2.81 bits per heavy atom. The van der Waals surface area contributed by atoms with E-state index < -0.39 is 4.92 Å². The molecule has 21 heavy (non-hydrogen) atoms. The van der Waals surface area contributed by atoms with Gasteiger partial charge in [-0.15, -0.1) is 0 Å². The van der Waals surface area contributed by atoms with Crippen molar-refractivity contribution in [1.82, 2.24) is 9.88 Å². The van der Waals surface area contributed by atoms with E-state index in [0.29, 0.717) is 24.3 Å². The van der Waals surface area contributed by atoms with Gasteiger partial charge in [0.25, 0.3) is 0 Å². The Morgan fingerprint density at radius 2 is 2.19 bits per heavy atom. The smallest absolute Gasteiger partial charge is 0.311 e. The van der Waals surface area contributed by atoms with Gasteiger partial charge in [-0.3, -0.25) is 15.0 Å². The third-order valence-electron chi connectivity index (χ3n) is 3.75. The lowest BCUT2D eigenvalue weighted by Gasteiger charge is -2.37. The lowest BCUT2D eigenvalue weighted by atomic mass is 10.0. The first-order valence-corrected chi connectivity index (χ1v) is 7.24. The van der Waals surface area contributed by atoms with E-state index in [1.807, 2.05) is 0 Å². The molecule has 1 aromatic heterocycles. The molecule has 0 unspecified atom stereocenters. The number of hydrogen-bond acceptors (Lipinski definition) is 6. The molecule has 0 amide bonds. The maximum atomic E-state index is 11.0. The van der Waals surface area contributed by atoms with Crippen molar-refractivity contribution in [3.63, 3.8) is 0 Å². The number of nitrogens with zero attached hydrogens (tertiary/aromatic N) is 3. The fraction of sp³-hybridized carbons (Fsp3) is 0.643. The van der Waals surface area contributed by atoms with Crippen molar-refractivity contribution in [3.05, 3.63) is 28.4 Å². The molecule has 1 fully saturated rings. The molecule has 1 saturated heterocycles. The summed E-state index contributed by atoms with van der Waals surface area (Å²) in [5, 5.41) is 14.1. The Bertz CT molecular complexity index is 475. The average Bonchev–Trinajstić information content (AvgIpc) is 2.48. The number of nitrogens with one attached hydrogen (secondary N) is 1. The van der Waals surface area contributed by atoms with Gasteiger partial charge >= 0.3 is 5.69 Å². The summed E-state index contributed by atoms with van der Waals surface area (Å²) in [6.07, 6.45) is 1.56. The topological polar surface area (TPSA) is 80.5 Å². The van der Waals surface area contributed by atoms with Crippen molar-refractivity contribution >= 4 is 11.5 Å². The normalized spacial score (nSPS) is 17.7. The summed E-state index contributed by atoms with van der Waals surface area (Å²) in [6, 6.07) is 3.34. The van der Waals surface area contributed by atoms with Gasteiger partial charge in [-0.25, -0.2) is 4.98 Å². The average molecular weight is 294 g/mol. The third kappa shape index (κ3) is 4.12. The standard InChI is InChI=1S/C14H22N4O3/c1-11(2)13(17-6-8-21-9-7-17)10-16-14-12(18(19)20)4-3-5-15-14/h3-5,11,13H,6-10H2,1-2H3,(H,15,16)/t13-/m1/s1. The summed E-state index contributed by atoms with van der Waals surface area (Å²) in [5.41, 5.74) is 0.0157. The SMILES string of the molecule is CC(C)[C@@H](CNc1ncccc1[N+](=O)[O-])N1CCOCC1. The van der Waals surface area contributed by atoms with Gasteiger partial charge in [0, 0.05) is 37.9 Å². The van der Waals surface area contributed by atoms with Gasteiger partial charge in [0.2, 0.25) is 5.82 Å². The van der Waals surface area contributed by atoms with Gasteiger partial charge in [-0.2, -0.15) is 0 Å². The number of aromatic nitrogens is 1. The number of anilines is 1. The van der Waals surface area contributed by atoms with Crippen LogP contribution in [0, 0.1) is 16.0 Å². The largest absolute Gasteiger partial charge is 0.379 e. The molecule has 0 aliphatic carbocycles. The molecule has 0 saturated carbocycles. The quantitative estimate of drug-likeness (QED) is 0.636. The maximum Gasteiger partial charge on any atom is 0.311 e. The molecule has 2 heterocycles. The Morgan fingerprint density at radius 1 is 1.48 bits per heavy atom. The van der Waals surface area contributed by atoms with E-state index in [1.165, 1.54) is 6.07 Å². The zero-order chi connectivity index (χ0) is 15.2. The summed E-state index contributed by atoms with van der Waals surface area (Å²) in [4.78, 5) is 17.0. The molecule has 1 aliphatic rings. The van der Waals surface area contributed by atoms with Crippen LogP contribution in [0.1, 0.15) is 13.8 Å². The summed E-state index contributed by atoms with van der Waals surface area (Å²) in [6.45, 7) is 8.24. The predicted molar refractivity (Wildman–Crippen MR) is 80.4 cm³/mol. The van der Waals surface area contributed by atoms with Crippen LogP contribution in [-0.2, 0) is 4.74 Å². The van der Waals surface area contributed by atoms with E-state index in [9.17, 15) is 10.1 Å². The molecule has 0 spiro atoms. The lowest BCUT2D eigenvalue weighted by molar-refractivity contribution is -0.384. The van der Waals surface area contributed by atoms with Gasteiger partial charge in [-0.05, 0) is 12.0 Å². The van der Waals surface area contributed by atoms with Crippen LogP contribution in [0.25, 0.3) is 0 Å². The molecule has 7 heteroatoms. The number of pyridine rings is 1. The molecule has 1 aliphatic heterocycles. The minimum Gasteiger partial charge on any atom is -0.379 e. The highest BCUT2D eigenvalue weighted by atomic mass is 16.6. The second-order valence-electron chi connectivity index (χ2n) is 5.47. The number of ether oxygens (including phenoxy) is 1. The van der Waals surface area contributed by atoms with Gasteiger partial charge in [-0.1, -0.05) is 13.8 Å². The van der Waals surface area contributed by atoms with Crippen LogP contribution in [0.5, 0.6) is 0 Å². The number of morpholine rings is 1. The van der Waals surface area contributed by atoms with E-state index >= 15 is 0 Å². The Hall–Kier alpha value is -1.73. The third-order valence-corrected chi connectivity index (χ3v) is 3.75. The summed E-state index contributed by atoms with van der Waals surface area (Å²) >= 11 is 0. The van der Waals surface area contributed by atoms with Crippen LogP contribution < -0.4 is 5.32 Å². The summed E-state index contributed by atoms with van der Waals surface area (Å²) in [7, 11) is 0. The van der Waals surface area contributed by atoms with Gasteiger partial charge in [0.15, 0.2) is 0 Å². The van der Waals surface area contributed by atoms with Crippen LogP contribution >= 0.6 is 0 Å². The fourth-order valence-electron chi connectivity index (χ4n) is 2.58. The molecule has 0 radical (unpaired) electrons. The minimum absolute atomic E-state index is 0.0157. The van der Waals surface area contributed by atoms with Crippen molar-refractivity contribution < 1.29 is 9.66 Å². The van der Waals surface area contributed by atoms with Gasteiger partial charge in [0.05, 0.1) is 18.1 Å². The van der Waals surface area contributed by atoms with E-state index in [4.69, 9.17) is 4.74 Å². The predicted octanol–water partition coefficient (Wildman–Crippen LogP) is 1.76. The first-order chi connectivity index (χ1) is 10.1. The fourth-order valence-corrected chi connectivity index (χ4v) is 2.58. The van der Waals surface area contributed by atoms with E-state index in [-0.39, 0.29) is 5.69 Å². The van der Waals surface area contributed by atoms with Crippen LogP contribution in [0.3, 0.4) is 0 Å². The lowest BCUT2D eigenvalue weighted by Crippen LogP contribution is -2.49. The van der Waals surface area contributed by atoms with Crippen LogP contribution in [-0.4, -0.2) is 53.7 Å². The number of hydrogen-bond donors (Lipinski definition) is 1. The molecular weight excluding hydrogens is 272 g/mol. The Balaban J connectivity index is 2.03. The zero-order valence-electron chi connectivity index (χ0n) is 12.5. The zero-order valence-corrected chi connectivity index (χ0v) is 12.5. The molecule has 0 bridgehead atoms. The van der Waals surface area contributed by atoms with E-state index in [0.717, 1.165) is 26.3 Å². The molecule has 1 aromatic rings. The summed E-state index contributed by atoms with van der Waals surface area (Å²) < 4.78 is 5.38. The molecular formula is C14H22N4O3. The first kappa shape index (κ1) is 15.7. The maximum absolute atomic E-state index is 11.0. The molecule has 7 nitrogen and oxygen atoms in total. The van der Waals surface area contributed by atoms with Gasteiger partial charge in [0.1, 0.15) is 0 Å². The highest BCUT2D eigenvalue weighted by Gasteiger charge is 2.24. The molecule has 2 rings (SSSR count). The second-order valence-corrected chi connectivity index (χ2v) is 5.47. The van der Waals surface area contributed by atoms with Crippen molar-refractivity contribution in [2.24, 2.45) is 5.92 Å². The molecule has 1 atom stereocenters. The van der Waals surface area contributed by atoms with Crippen LogP contribution in [0.2, 0.25) is 0 Å². The van der Waals surface area contributed by atoms with Crippen LogP contribution in [0.4, 0.5) is 11.5 Å². The van der Waals surface area contributed by atoms with E-state index in [2.05, 4.69) is 29.0 Å².